The van der Waals surface area contributed by atoms with Crippen molar-refractivity contribution in [3.8, 4) is 0 Å². The maximum Gasteiger partial charge on any atom is 0.350 e. The van der Waals surface area contributed by atoms with Crippen LogP contribution in [0.25, 0.3) is 0 Å². The highest BCUT2D eigenvalue weighted by Crippen LogP contribution is 2.12. The van der Waals surface area contributed by atoms with Gasteiger partial charge in [-0.3, -0.25) is 14.4 Å². The zero-order chi connectivity index (χ0) is 16.6. The topological polar surface area (TPSA) is 153 Å². The van der Waals surface area contributed by atoms with Crippen molar-refractivity contribution in [1.82, 2.24) is 10.6 Å². The lowest BCUT2D eigenvalue weighted by Crippen LogP contribution is -2.66. The Morgan fingerprint density at radius 1 is 1.10 bits per heavy atom. The highest BCUT2D eigenvalue weighted by atomic mass is 16.4. The molecule has 21 heavy (non-hydrogen) atoms. The summed E-state index contributed by atoms with van der Waals surface area (Å²) >= 11 is 0. The quantitative estimate of drug-likeness (QED) is 0.344. The van der Waals surface area contributed by atoms with Crippen LogP contribution in [0.1, 0.15) is 39.5 Å². The third kappa shape index (κ3) is 5.78. The van der Waals surface area contributed by atoms with E-state index in [0.717, 1.165) is 0 Å². The summed E-state index contributed by atoms with van der Waals surface area (Å²) in [4.78, 5) is 45.2. The van der Waals surface area contributed by atoms with E-state index in [1.54, 1.807) is 0 Å². The molecule has 2 amide bonds. The maximum absolute atomic E-state index is 11.7. The standard InChI is InChI=1S/C12H20N2O7/c1-3-7(15)10(19)14-12(11(20)21,6-5-9(17)18)13-8(16)4-2/h7,15H,3-6H2,1-2H3,(H,13,16)(H,14,19)(H,17,18)(H,20,21). The van der Waals surface area contributed by atoms with Gasteiger partial charge in [0.05, 0.1) is 0 Å². The lowest BCUT2D eigenvalue weighted by atomic mass is 10.0. The summed E-state index contributed by atoms with van der Waals surface area (Å²) in [6, 6.07) is 0. The van der Waals surface area contributed by atoms with E-state index in [1.165, 1.54) is 13.8 Å². The van der Waals surface area contributed by atoms with Gasteiger partial charge in [-0.05, 0) is 6.42 Å². The van der Waals surface area contributed by atoms with E-state index in [4.69, 9.17) is 5.11 Å². The first-order valence-electron chi connectivity index (χ1n) is 6.44. The monoisotopic (exact) mass is 304 g/mol. The number of amides is 2. The smallest absolute Gasteiger partial charge is 0.350 e. The van der Waals surface area contributed by atoms with E-state index < -0.39 is 48.4 Å². The Balaban J connectivity index is 5.35. The van der Waals surface area contributed by atoms with Gasteiger partial charge in [0.15, 0.2) is 0 Å². The lowest BCUT2D eigenvalue weighted by Gasteiger charge is -2.31. The molecule has 9 nitrogen and oxygen atoms in total. The Hall–Kier alpha value is -2.16. The van der Waals surface area contributed by atoms with Crippen LogP contribution in [0.15, 0.2) is 0 Å². The Kier molecular flexibility index (Phi) is 7.36. The first-order chi connectivity index (χ1) is 9.68. The van der Waals surface area contributed by atoms with Crippen LogP contribution in [-0.4, -0.2) is 50.8 Å². The van der Waals surface area contributed by atoms with Crippen LogP contribution in [0.4, 0.5) is 0 Å². The molecule has 0 spiro atoms. The van der Waals surface area contributed by atoms with Gasteiger partial charge in [0.25, 0.3) is 5.91 Å². The van der Waals surface area contributed by atoms with Gasteiger partial charge in [-0.15, -0.1) is 0 Å². The second kappa shape index (κ2) is 8.20. The second-order valence-corrected chi connectivity index (χ2v) is 4.42. The Bertz CT molecular complexity index is 424. The molecule has 5 N–H and O–H groups in total. The van der Waals surface area contributed by atoms with Gasteiger partial charge in [0.2, 0.25) is 11.6 Å². The molecule has 0 aliphatic rings. The summed E-state index contributed by atoms with van der Waals surface area (Å²) in [5.74, 6) is -4.56. The molecular weight excluding hydrogens is 284 g/mol. The number of aliphatic hydroxyl groups is 1. The number of aliphatic carboxylic acids is 2. The summed E-state index contributed by atoms with van der Waals surface area (Å²) in [6.07, 6.45) is -2.59. The number of hydrogen-bond acceptors (Lipinski definition) is 5. The van der Waals surface area contributed by atoms with Gasteiger partial charge >= 0.3 is 11.9 Å². The highest BCUT2D eigenvalue weighted by molar-refractivity contribution is 5.92. The molecule has 0 aliphatic heterocycles. The van der Waals surface area contributed by atoms with Crippen LogP contribution >= 0.6 is 0 Å². The number of hydrogen-bond donors (Lipinski definition) is 5. The largest absolute Gasteiger partial charge is 0.481 e. The molecule has 0 aromatic heterocycles. The predicted molar refractivity (Wildman–Crippen MR) is 70.1 cm³/mol. The molecule has 0 radical (unpaired) electrons. The van der Waals surface area contributed by atoms with Gasteiger partial charge < -0.3 is 26.0 Å². The van der Waals surface area contributed by atoms with E-state index in [2.05, 4.69) is 5.32 Å². The normalized spacial score (nSPS) is 14.6. The van der Waals surface area contributed by atoms with Crippen LogP contribution in [-0.2, 0) is 19.2 Å². The van der Waals surface area contributed by atoms with Gasteiger partial charge in [-0.2, -0.15) is 0 Å². The van der Waals surface area contributed by atoms with E-state index in [-0.39, 0.29) is 12.8 Å². The summed E-state index contributed by atoms with van der Waals surface area (Å²) in [7, 11) is 0. The molecule has 0 saturated heterocycles. The van der Waals surface area contributed by atoms with Crippen molar-refractivity contribution < 1.29 is 34.5 Å². The van der Waals surface area contributed by atoms with Crippen LogP contribution in [0.3, 0.4) is 0 Å². The van der Waals surface area contributed by atoms with Crippen molar-refractivity contribution in [2.45, 2.75) is 51.3 Å². The first-order valence-corrected chi connectivity index (χ1v) is 6.44. The maximum atomic E-state index is 11.7. The minimum Gasteiger partial charge on any atom is -0.481 e. The van der Waals surface area contributed by atoms with Crippen LogP contribution < -0.4 is 10.6 Å². The van der Waals surface area contributed by atoms with Gasteiger partial charge in [0, 0.05) is 19.3 Å². The van der Waals surface area contributed by atoms with Crippen molar-refractivity contribution in [2.24, 2.45) is 0 Å². The Morgan fingerprint density at radius 3 is 2.05 bits per heavy atom. The minimum atomic E-state index is -2.27. The summed E-state index contributed by atoms with van der Waals surface area (Å²) < 4.78 is 0. The number of carbonyl (C=O) groups is 4. The van der Waals surface area contributed by atoms with Crippen LogP contribution in [0, 0.1) is 0 Å². The van der Waals surface area contributed by atoms with Gasteiger partial charge in [-0.25, -0.2) is 4.79 Å². The zero-order valence-corrected chi connectivity index (χ0v) is 11.9. The summed E-state index contributed by atoms with van der Waals surface area (Å²) in [5.41, 5.74) is -2.27. The first kappa shape index (κ1) is 18.8. The molecule has 0 saturated carbocycles. The predicted octanol–water partition coefficient (Wildman–Crippen LogP) is -0.955. The van der Waals surface area contributed by atoms with Crippen LogP contribution in [0.2, 0.25) is 0 Å². The van der Waals surface area contributed by atoms with Crippen molar-refractivity contribution in [1.29, 1.82) is 0 Å². The molecule has 0 rings (SSSR count). The zero-order valence-electron chi connectivity index (χ0n) is 11.9. The molecule has 2 atom stereocenters. The van der Waals surface area contributed by atoms with Crippen molar-refractivity contribution in [3.63, 3.8) is 0 Å². The fourth-order valence-corrected chi connectivity index (χ4v) is 1.47. The third-order valence-electron chi connectivity index (χ3n) is 2.78. The van der Waals surface area contributed by atoms with Gasteiger partial charge in [-0.1, -0.05) is 13.8 Å². The van der Waals surface area contributed by atoms with Gasteiger partial charge in [0.1, 0.15) is 6.10 Å². The molecule has 0 aliphatic carbocycles. The second-order valence-electron chi connectivity index (χ2n) is 4.42. The minimum absolute atomic E-state index is 0.0438. The number of carbonyl (C=O) groups excluding carboxylic acids is 2. The molecule has 0 aromatic carbocycles. The molecule has 0 heterocycles. The van der Waals surface area contributed by atoms with E-state index >= 15 is 0 Å². The molecular formula is C12H20N2O7. The van der Waals surface area contributed by atoms with Crippen molar-refractivity contribution in [2.75, 3.05) is 0 Å². The number of carboxylic acids is 2. The highest BCUT2D eigenvalue weighted by Gasteiger charge is 2.42. The summed E-state index contributed by atoms with van der Waals surface area (Å²) in [5, 5.41) is 31.5. The number of aliphatic hydroxyl groups excluding tert-OH is 1. The van der Waals surface area contributed by atoms with E-state index in [1.807, 2.05) is 5.32 Å². The fourth-order valence-electron chi connectivity index (χ4n) is 1.47. The molecule has 0 aromatic rings. The Morgan fingerprint density at radius 2 is 1.67 bits per heavy atom. The third-order valence-corrected chi connectivity index (χ3v) is 2.78. The number of rotatable bonds is 9. The fraction of sp³-hybridized carbons (Fsp3) is 0.667. The number of nitrogens with one attached hydrogen (secondary N) is 2. The average Bonchev–Trinajstić information content (AvgIpc) is 2.42. The Labute approximate surface area is 121 Å². The molecule has 0 fully saturated rings. The van der Waals surface area contributed by atoms with E-state index in [0.29, 0.717) is 0 Å². The lowest BCUT2D eigenvalue weighted by molar-refractivity contribution is -0.154. The summed E-state index contributed by atoms with van der Waals surface area (Å²) in [6.45, 7) is 2.98. The molecule has 120 valence electrons. The number of carboxylic acid groups (broad SMARTS) is 2. The van der Waals surface area contributed by atoms with E-state index in [9.17, 15) is 29.4 Å². The molecule has 9 heteroatoms. The molecule has 2 unspecified atom stereocenters. The average molecular weight is 304 g/mol. The van der Waals surface area contributed by atoms with Crippen molar-refractivity contribution >= 4 is 23.8 Å². The molecule has 0 bridgehead atoms. The van der Waals surface area contributed by atoms with Crippen LogP contribution in [0.5, 0.6) is 0 Å². The van der Waals surface area contributed by atoms with Crippen molar-refractivity contribution in [3.05, 3.63) is 0 Å². The SMILES string of the molecule is CCC(=O)NC(CCC(=O)O)(NC(=O)C(O)CC)C(=O)O.